The lowest BCUT2D eigenvalue weighted by Gasteiger charge is -2.14. The highest BCUT2D eigenvalue weighted by atomic mass is 16.5. The molecule has 1 aromatic rings. The van der Waals surface area contributed by atoms with Gasteiger partial charge in [-0.3, -0.25) is 0 Å². The summed E-state index contributed by atoms with van der Waals surface area (Å²) in [6.07, 6.45) is 9.54. The summed E-state index contributed by atoms with van der Waals surface area (Å²) < 4.78 is 5.66. The summed E-state index contributed by atoms with van der Waals surface area (Å²) in [6.45, 7) is 0.727. The molecule has 0 heterocycles. The molecule has 0 aliphatic heterocycles. The Labute approximate surface area is 90.1 Å². The van der Waals surface area contributed by atoms with Crippen LogP contribution in [0.15, 0.2) is 48.6 Å². The summed E-state index contributed by atoms with van der Waals surface area (Å²) >= 11 is 0. The van der Waals surface area contributed by atoms with Crippen LogP contribution >= 0.6 is 0 Å². The van der Waals surface area contributed by atoms with Crippen molar-refractivity contribution in [2.75, 3.05) is 12.3 Å². The van der Waals surface area contributed by atoms with Crippen molar-refractivity contribution in [3.63, 3.8) is 0 Å². The number of benzene rings is 1. The molecule has 1 aliphatic carbocycles. The molecule has 1 aliphatic rings. The Balaban J connectivity index is 1.85. The van der Waals surface area contributed by atoms with Crippen LogP contribution in [0.1, 0.15) is 6.42 Å². The van der Waals surface area contributed by atoms with Gasteiger partial charge in [0.15, 0.2) is 0 Å². The summed E-state index contributed by atoms with van der Waals surface area (Å²) in [4.78, 5) is 0. The Morgan fingerprint density at radius 2 is 2.00 bits per heavy atom. The highest BCUT2D eigenvalue weighted by Crippen LogP contribution is 2.17. The van der Waals surface area contributed by atoms with Crippen LogP contribution in [0.5, 0.6) is 5.75 Å². The van der Waals surface area contributed by atoms with Gasteiger partial charge in [0, 0.05) is 11.6 Å². The van der Waals surface area contributed by atoms with Gasteiger partial charge in [0.25, 0.3) is 0 Å². The first-order valence-corrected chi connectivity index (χ1v) is 5.16. The van der Waals surface area contributed by atoms with Gasteiger partial charge in [-0.05, 0) is 30.7 Å². The van der Waals surface area contributed by atoms with E-state index >= 15 is 0 Å². The van der Waals surface area contributed by atoms with E-state index in [1.807, 2.05) is 24.3 Å². The zero-order valence-electron chi connectivity index (χ0n) is 8.60. The van der Waals surface area contributed by atoms with E-state index in [4.69, 9.17) is 10.5 Å². The average molecular weight is 201 g/mol. The first-order chi connectivity index (χ1) is 7.34. The van der Waals surface area contributed by atoms with Gasteiger partial charge < -0.3 is 10.5 Å². The number of hydrogen-bond acceptors (Lipinski definition) is 2. The number of nitrogens with two attached hydrogens (primary N) is 1. The van der Waals surface area contributed by atoms with Crippen molar-refractivity contribution in [2.45, 2.75) is 6.42 Å². The van der Waals surface area contributed by atoms with Crippen LogP contribution in [-0.2, 0) is 0 Å². The fourth-order valence-corrected chi connectivity index (χ4v) is 1.52. The van der Waals surface area contributed by atoms with E-state index in [0.717, 1.165) is 24.5 Å². The van der Waals surface area contributed by atoms with Gasteiger partial charge >= 0.3 is 0 Å². The molecule has 1 aromatic carbocycles. The number of nitrogen functional groups attached to an aromatic ring is 1. The van der Waals surface area contributed by atoms with Gasteiger partial charge in [-0.2, -0.15) is 0 Å². The van der Waals surface area contributed by atoms with Crippen molar-refractivity contribution < 1.29 is 4.74 Å². The Hall–Kier alpha value is -1.70. The Kier molecular flexibility index (Phi) is 3.08. The zero-order chi connectivity index (χ0) is 10.5. The van der Waals surface area contributed by atoms with Crippen LogP contribution in [0.3, 0.4) is 0 Å². The second-order valence-electron chi connectivity index (χ2n) is 3.69. The molecule has 0 bridgehead atoms. The van der Waals surface area contributed by atoms with Crippen LogP contribution in [-0.4, -0.2) is 6.61 Å². The molecule has 0 amide bonds. The van der Waals surface area contributed by atoms with Gasteiger partial charge in [-0.1, -0.05) is 24.3 Å². The molecule has 2 rings (SSSR count). The van der Waals surface area contributed by atoms with Gasteiger partial charge in [-0.15, -0.1) is 0 Å². The zero-order valence-corrected chi connectivity index (χ0v) is 8.60. The summed E-state index contributed by atoms with van der Waals surface area (Å²) in [7, 11) is 0. The summed E-state index contributed by atoms with van der Waals surface area (Å²) in [6, 6.07) is 7.51. The van der Waals surface area contributed by atoms with E-state index in [0.29, 0.717) is 5.92 Å². The van der Waals surface area contributed by atoms with Gasteiger partial charge in [0.2, 0.25) is 0 Å². The van der Waals surface area contributed by atoms with Crippen LogP contribution in [0.2, 0.25) is 0 Å². The van der Waals surface area contributed by atoms with Crippen LogP contribution in [0.25, 0.3) is 0 Å². The largest absolute Gasteiger partial charge is 0.493 e. The van der Waals surface area contributed by atoms with Gasteiger partial charge in [0.1, 0.15) is 5.75 Å². The molecule has 0 radical (unpaired) electrons. The van der Waals surface area contributed by atoms with E-state index in [9.17, 15) is 0 Å². The minimum atomic E-state index is 0.493. The lowest BCUT2D eigenvalue weighted by molar-refractivity contribution is 0.276. The third kappa shape index (κ3) is 2.88. The molecule has 0 aromatic heterocycles. The predicted octanol–water partition coefficient (Wildman–Crippen LogP) is 2.78. The first kappa shape index (κ1) is 9.84. The topological polar surface area (TPSA) is 35.2 Å². The SMILES string of the molecule is Nc1ccc(OCC2C=CC=CC2)cc1. The van der Waals surface area contributed by atoms with Crippen molar-refractivity contribution in [1.29, 1.82) is 0 Å². The maximum absolute atomic E-state index is 5.66. The number of allylic oxidation sites excluding steroid dienone is 3. The molecular weight excluding hydrogens is 186 g/mol. The van der Waals surface area contributed by atoms with E-state index in [2.05, 4.69) is 24.3 Å². The third-order valence-corrected chi connectivity index (χ3v) is 2.41. The summed E-state index contributed by atoms with van der Waals surface area (Å²) in [5.41, 5.74) is 6.36. The summed E-state index contributed by atoms with van der Waals surface area (Å²) in [5.74, 6) is 1.37. The van der Waals surface area contributed by atoms with Crippen LogP contribution in [0, 0.1) is 5.92 Å². The van der Waals surface area contributed by atoms with E-state index in [1.54, 1.807) is 0 Å². The van der Waals surface area contributed by atoms with E-state index in [1.165, 1.54) is 0 Å². The predicted molar refractivity (Wildman–Crippen MR) is 62.7 cm³/mol. The Morgan fingerprint density at radius 1 is 1.20 bits per heavy atom. The molecule has 2 N–H and O–H groups in total. The second-order valence-corrected chi connectivity index (χ2v) is 3.69. The number of rotatable bonds is 3. The normalized spacial score (nSPS) is 19.1. The molecule has 0 fully saturated rings. The number of ether oxygens (including phenoxy) is 1. The fourth-order valence-electron chi connectivity index (χ4n) is 1.52. The maximum Gasteiger partial charge on any atom is 0.119 e. The highest BCUT2D eigenvalue weighted by Gasteiger charge is 2.05. The second kappa shape index (κ2) is 4.69. The van der Waals surface area contributed by atoms with Crippen LogP contribution < -0.4 is 10.5 Å². The Morgan fingerprint density at radius 3 is 2.67 bits per heavy atom. The van der Waals surface area contributed by atoms with Crippen molar-refractivity contribution in [1.82, 2.24) is 0 Å². The smallest absolute Gasteiger partial charge is 0.119 e. The van der Waals surface area contributed by atoms with E-state index < -0.39 is 0 Å². The molecule has 0 spiro atoms. The monoisotopic (exact) mass is 201 g/mol. The summed E-state index contributed by atoms with van der Waals surface area (Å²) in [5, 5.41) is 0. The number of hydrogen-bond donors (Lipinski definition) is 1. The highest BCUT2D eigenvalue weighted by molar-refractivity contribution is 5.41. The first-order valence-electron chi connectivity index (χ1n) is 5.16. The standard InChI is InChI=1S/C13H15NO/c14-12-6-8-13(9-7-12)15-10-11-4-2-1-3-5-11/h1-4,6-9,11H,5,10,14H2. The molecule has 78 valence electrons. The molecular formula is C13H15NO. The molecule has 2 nitrogen and oxygen atoms in total. The van der Waals surface area contributed by atoms with Crippen molar-refractivity contribution in [2.24, 2.45) is 5.92 Å². The Bertz CT molecular complexity index is 365. The third-order valence-electron chi connectivity index (χ3n) is 2.41. The minimum Gasteiger partial charge on any atom is -0.493 e. The van der Waals surface area contributed by atoms with Crippen molar-refractivity contribution in [3.05, 3.63) is 48.6 Å². The molecule has 1 unspecified atom stereocenters. The lowest BCUT2D eigenvalue weighted by atomic mass is 10.0. The molecule has 15 heavy (non-hydrogen) atoms. The quantitative estimate of drug-likeness (QED) is 0.763. The average Bonchev–Trinajstić information content (AvgIpc) is 2.30. The van der Waals surface area contributed by atoms with Crippen LogP contribution in [0.4, 0.5) is 5.69 Å². The molecule has 2 heteroatoms. The van der Waals surface area contributed by atoms with E-state index in [-0.39, 0.29) is 0 Å². The number of anilines is 1. The molecule has 0 saturated carbocycles. The molecule has 1 atom stereocenters. The van der Waals surface area contributed by atoms with Crippen molar-refractivity contribution >= 4 is 5.69 Å². The van der Waals surface area contributed by atoms with Gasteiger partial charge in [0.05, 0.1) is 6.61 Å². The van der Waals surface area contributed by atoms with Gasteiger partial charge in [-0.25, -0.2) is 0 Å². The fraction of sp³-hybridized carbons (Fsp3) is 0.231. The molecule has 0 saturated heterocycles. The maximum atomic E-state index is 5.66. The lowest BCUT2D eigenvalue weighted by Crippen LogP contribution is -2.10. The minimum absolute atomic E-state index is 0.493. The van der Waals surface area contributed by atoms with Crippen molar-refractivity contribution in [3.8, 4) is 5.75 Å².